The van der Waals surface area contributed by atoms with E-state index in [-0.39, 0.29) is 10.6 Å². The van der Waals surface area contributed by atoms with Crippen LogP contribution in [0.4, 0.5) is 13.2 Å². The second-order valence-corrected chi connectivity index (χ2v) is 4.43. The van der Waals surface area contributed by atoms with E-state index in [1.807, 2.05) is 0 Å². The molecule has 0 saturated heterocycles. The highest BCUT2D eigenvalue weighted by molar-refractivity contribution is 6.31. The van der Waals surface area contributed by atoms with Crippen molar-refractivity contribution in [3.8, 4) is 0 Å². The van der Waals surface area contributed by atoms with Gasteiger partial charge in [-0.25, -0.2) is 5.06 Å². The number of hydrogen-bond acceptors (Lipinski definition) is 3. The van der Waals surface area contributed by atoms with E-state index in [4.69, 9.17) is 11.6 Å². The average Bonchev–Trinajstić information content (AvgIpc) is 2.36. The van der Waals surface area contributed by atoms with Gasteiger partial charge < -0.3 is 5.11 Å². The lowest BCUT2D eigenvalue weighted by molar-refractivity contribution is -0.170. The van der Waals surface area contributed by atoms with Crippen LogP contribution in [-0.2, 0) is 15.8 Å². The van der Waals surface area contributed by atoms with Crippen LogP contribution in [-0.4, -0.2) is 30.2 Å². The van der Waals surface area contributed by atoms with Crippen LogP contribution in [0.15, 0.2) is 18.2 Å². The molecular formula is C12H13ClF3NO3. The van der Waals surface area contributed by atoms with Crippen LogP contribution < -0.4 is 0 Å². The average molecular weight is 312 g/mol. The first kappa shape index (κ1) is 16.7. The molecule has 0 saturated carbocycles. The zero-order valence-corrected chi connectivity index (χ0v) is 11.5. The number of benzene rings is 1. The van der Waals surface area contributed by atoms with Crippen LogP contribution in [0, 0.1) is 0 Å². The fourth-order valence-corrected chi connectivity index (χ4v) is 1.72. The van der Waals surface area contributed by atoms with Crippen molar-refractivity contribution in [2.24, 2.45) is 0 Å². The summed E-state index contributed by atoms with van der Waals surface area (Å²) in [5.41, 5.74) is -1.09. The molecule has 1 amide bonds. The molecule has 1 atom stereocenters. The van der Waals surface area contributed by atoms with Gasteiger partial charge in [-0.15, -0.1) is 0 Å². The standard InChI is InChI=1S/C12H13ClF3NO3/c1-17(20-2)11(19)6-10(18)8-5-7(12(14,15)16)3-4-9(8)13/h3-5,10,18H,6H2,1-2H3. The van der Waals surface area contributed by atoms with E-state index in [1.54, 1.807) is 0 Å². The van der Waals surface area contributed by atoms with Gasteiger partial charge in [0, 0.05) is 17.6 Å². The maximum Gasteiger partial charge on any atom is 0.416 e. The molecule has 1 unspecified atom stereocenters. The normalized spacial score (nSPS) is 13.2. The van der Waals surface area contributed by atoms with Crippen molar-refractivity contribution in [1.82, 2.24) is 5.06 Å². The van der Waals surface area contributed by atoms with Gasteiger partial charge in [0.2, 0.25) is 5.91 Å². The molecule has 0 aliphatic carbocycles. The molecule has 0 radical (unpaired) electrons. The summed E-state index contributed by atoms with van der Waals surface area (Å²) in [4.78, 5) is 16.1. The molecule has 1 aromatic rings. The van der Waals surface area contributed by atoms with Crippen molar-refractivity contribution in [2.75, 3.05) is 14.2 Å². The molecule has 0 bridgehead atoms. The summed E-state index contributed by atoms with van der Waals surface area (Å²) in [5.74, 6) is -0.589. The molecule has 20 heavy (non-hydrogen) atoms. The van der Waals surface area contributed by atoms with Crippen molar-refractivity contribution in [3.63, 3.8) is 0 Å². The third-order valence-electron chi connectivity index (χ3n) is 2.68. The Labute approximate surface area is 118 Å². The molecule has 1 N–H and O–H groups in total. The molecule has 8 heteroatoms. The van der Waals surface area contributed by atoms with Crippen molar-refractivity contribution < 1.29 is 27.9 Å². The van der Waals surface area contributed by atoms with Crippen LogP contribution in [0.3, 0.4) is 0 Å². The SMILES string of the molecule is CON(C)C(=O)CC(O)c1cc(C(F)(F)F)ccc1Cl. The Morgan fingerprint density at radius 3 is 2.60 bits per heavy atom. The minimum Gasteiger partial charge on any atom is -0.388 e. The second-order valence-electron chi connectivity index (χ2n) is 4.03. The van der Waals surface area contributed by atoms with Gasteiger partial charge in [0.15, 0.2) is 0 Å². The van der Waals surface area contributed by atoms with E-state index < -0.39 is 30.2 Å². The number of aliphatic hydroxyl groups excluding tert-OH is 1. The summed E-state index contributed by atoms with van der Waals surface area (Å²) in [6, 6.07) is 2.57. The molecule has 4 nitrogen and oxygen atoms in total. The van der Waals surface area contributed by atoms with E-state index >= 15 is 0 Å². The first-order chi connectivity index (χ1) is 9.16. The highest BCUT2D eigenvalue weighted by Gasteiger charge is 2.32. The molecule has 1 rings (SSSR count). The number of hydrogen-bond donors (Lipinski definition) is 1. The fraction of sp³-hybridized carbons (Fsp3) is 0.417. The number of carbonyl (C=O) groups excluding carboxylic acids is 1. The van der Waals surface area contributed by atoms with Gasteiger partial charge in [-0.1, -0.05) is 11.6 Å². The Hall–Kier alpha value is -1.31. The van der Waals surface area contributed by atoms with Gasteiger partial charge in [-0.2, -0.15) is 13.2 Å². The third kappa shape index (κ3) is 4.09. The van der Waals surface area contributed by atoms with E-state index in [1.165, 1.54) is 14.2 Å². The van der Waals surface area contributed by atoms with Crippen molar-refractivity contribution >= 4 is 17.5 Å². The summed E-state index contributed by atoms with van der Waals surface area (Å²) >= 11 is 5.75. The fourth-order valence-electron chi connectivity index (χ4n) is 1.48. The van der Waals surface area contributed by atoms with E-state index in [9.17, 15) is 23.1 Å². The van der Waals surface area contributed by atoms with E-state index in [2.05, 4.69) is 4.84 Å². The van der Waals surface area contributed by atoms with Crippen LogP contribution in [0.25, 0.3) is 0 Å². The topological polar surface area (TPSA) is 49.8 Å². The Bertz CT molecular complexity index is 493. The highest BCUT2D eigenvalue weighted by Crippen LogP contribution is 2.34. The number of nitrogens with zero attached hydrogens (tertiary/aromatic N) is 1. The van der Waals surface area contributed by atoms with Gasteiger partial charge in [-0.3, -0.25) is 9.63 Å². The molecule has 1 aromatic carbocycles. The van der Waals surface area contributed by atoms with Crippen LogP contribution in [0.1, 0.15) is 23.7 Å². The first-order valence-electron chi connectivity index (χ1n) is 5.52. The van der Waals surface area contributed by atoms with Crippen molar-refractivity contribution in [1.29, 1.82) is 0 Å². The summed E-state index contributed by atoms with van der Waals surface area (Å²) in [5, 5.41) is 10.7. The summed E-state index contributed by atoms with van der Waals surface area (Å²) in [6.07, 6.45) is -6.44. The lowest BCUT2D eigenvalue weighted by atomic mass is 10.0. The summed E-state index contributed by atoms with van der Waals surface area (Å²) in [6.45, 7) is 0. The molecular weight excluding hydrogens is 299 g/mol. The van der Waals surface area contributed by atoms with Crippen molar-refractivity contribution in [2.45, 2.75) is 18.7 Å². The first-order valence-corrected chi connectivity index (χ1v) is 5.90. The number of amides is 1. The maximum atomic E-state index is 12.6. The molecule has 0 fully saturated rings. The Balaban J connectivity index is 2.98. The van der Waals surface area contributed by atoms with Crippen molar-refractivity contribution in [3.05, 3.63) is 34.3 Å². The summed E-state index contributed by atoms with van der Waals surface area (Å²) in [7, 11) is 2.57. The minimum atomic E-state index is -4.55. The lowest BCUT2D eigenvalue weighted by Crippen LogP contribution is -2.27. The monoisotopic (exact) mass is 311 g/mol. The van der Waals surface area contributed by atoms with Gasteiger partial charge >= 0.3 is 6.18 Å². The predicted octanol–water partition coefficient (Wildman–Crippen LogP) is 2.80. The van der Waals surface area contributed by atoms with E-state index in [0.717, 1.165) is 23.3 Å². The molecule has 0 heterocycles. The molecule has 112 valence electrons. The zero-order valence-electron chi connectivity index (χ0n) is 10.7. The molecule has 0 spiro atoms. The van der Waals surface area contributed by atoms with E-state index in [0.29, 0.717) is 0 Å². The largest absolute Gasteiger partial charge is 0.416 e. The van der Waals surface area contributed by atoms with Gasteiger partial charge in [0.05, 0.1) is 25.2 Å². The minimum absolute atomic E-state index is 0.0432. The highest BCUT2D eigenvalue weighted by atomic mass is 35.5. The Kier molecular flexibility index (Phi) is 5.38. The maximum absolute atomic E-state index is 12.6. The quantitative estimate of drug-likeness (QED) is 0.870. The third-order valence-corrected chi connectivity index (χ3v) is 3.02. The van der Waals surface area contributed by atoms with Gasteiger partial charge in [-0.05, 0) is 18.2 Å². The van der Waals surface area contributed by atoms with Crippen LogP contribution in [0.5, 0.6) is 0 Å². The van der Waals surface area contributed by atoms with Crippen LogP contribution >= 0.6 is 11.6 Å². The molecule has 0 aliphatic rings. The summed E-state index contributed by atoms with van der Waals surface area (Å²) < 4.78 is 37.8. The predicted molar refractivity (Wildman–Crippen MR) is 65.8 cm³/mol. The number of rotatable bonds is 4. The Morgan fingerprint density at radius 1 is 1.50 bits per heavy atom. The molecule has 0 aromatic heterocycles. The number of hydroxylamine groups is 2. The number of aliphatic hydroxyl groups is 1. The Morgan fingerprint density at radius 2 is 2.10 bits per heavy atom. The smallest absolute Gasteiger partial charge is 0.388 e. The zero-order chi connectivity index (χ0) is 15.5. The molecule has 0 aliphatic heterocycles. The van der Waals surface area contributed by atoms with Gasteiger partial charge in [0.1, 0.15) is 0 Å². The lowest BCUT2D eigenvalue weighted by Gasteiger charge is -2.18. The number of carbonyl (C=O) groups is 1. The van der Waals surface area contributed by atoms with Crippen LogP contribution in [0.2, 0.25) is 5.02 Å². The van der Waals surface area contributed by atoms with Gasteiger partial charge in [0.25, 0.3) is 0 Å². The number of halogens is 4. The second kappa shape index (κ2) is 6.43. The number of alkyl halides is 3.